The zero-order valence-corrected chi connectivity index (χ0v) is 12.9. The fourth-order valence-electron chi connectivity index (χ4n) is 1.50. The molecule has 0 aliphatic carbocycles. The molecule has 0 atom stereocenters. The van der Waals surface area contributed by atoms with Crippen molar-refractivity contribution >= 4 is 45.1 Å². The third kappa shape index (κ3) is 3.81. The molecular formula is C14H9BrClFOS. The summed E-state index contributed by atoms with van der Waals surface area (Å²) in [6, 6.07) is 11.7. The fourth-order valence-corrected chi connectivity index (χ4v) is 3.11. The fraction of sp³-hybridized carbons (Fsp3) is 0.0714. The van der Waals surface area contributed by atoms with Crippen LogP contribution in [0.15, 0.2) is 51.8 Å². The lowest BCUT2D eigenvalue weighted by Gasteiger charge is -2.05. The van der Waals surface area contributed by atoms with Crippen molar-refractivity contribution in [2.24, 2.45) is 0 Å². The summed E-state index contributed by atoms with van der Waals surface area (Å²) in [5, 5.41) is 0.285. The molecule has 2 rings (SSSR count). The molecule has 2 aromatic carbocycles. The van der Waals surface area contributed by atoms with Crippen LogP contribution in [0.3, 0.4) is 0 Å². The molecule has 0 amide bonds. The van der Waals surface area contributed by atoms with Crippen molar-refractivity contribution in [2.45, 2.75) is 4.90 Å². The lowest BCUT2D eigenvalue weighted by Crippen LogP contribution is -2.05. The summed E-state index contributed by atoms with van der Waals surface area (Å²) in [5.41, 5.74) is 0.0731. The molecule has 5 heteroatoms. The van der Waals surface area contributed by atoms with Crippen molar-refractivity contribution in [3.8, 4) is 0 Å². The SMILES string of the molecule is O=C(CSc1ccccc1Br)c1ccc(Cl)cc1F. The zero-order chi connectivity index (χ0) is 13.8. The summed E-state index contributed by atoms with van der Waals surface area (Å²) in [7, 11) is 0. The van der Waals surface area contributed by atoms with Gasteiger partial charge in [-0.2, -0.15) is 0 Å². The second-order valence-electron chi connectivity index (χ2n) is 3.77. The first-order chi connectivity index (χ1) is 9.08. The van der Waals surface area contributed by atoms with E-state index in [0.29, 0.717) is 0 Å². The van der Waals surface area contributed by atoms with Crippen LogP contribution < -0.4 is 0 Å². The topological polar surface area (TPSA) is 17.1 Å². The van der Waals surface area contributed by atoms with Crippen LogP contribution in [-0.2, 0) is 0 Å². The van der Waals surface area contributed by atoms with Gasteiger partial charge in [0.2, 0.25) is 0 Å². The maximum Gasteiger partial charge on any atom is 0.176 e. The van der Waals surface area contributed by atoms with E-state index in [-0.39, 0.29) is 22.1 Å². The minimum atomic E-state index is -0.578. The van der Waals surface area contributed by atoms with Crippen LogP contribution in [0, 0.1) is 5.82 Å². The average molecular weight is 360 g/mol. The standard InChI is InChI=1S/C14H9BrClFOS/c15-11-3-1-2-4-14(11)19-8-13(18)10-6-5-9(16)7-12(10)17/h1-7H,8H2. The molecule has 0 spiro atoms. The van der Waals surface area contributed by atoms with Crippen molar-refractivity contribution in [3.63, 3.8) is 0 Å². The number of hydrogen-bond acceptors (Lipinski definition) is 2. The summed E-state index contributed by atoms with van der Waals surface area (Å²) in [6.07, 6.45) is 0. The van der Waals surface area contributed by atoms with Crippen molar-refractivity contribution in [1.29, 1.82) is 0 Å². The first kappa shape index (κ1) is 14.6. The molecule has 2 aromatic rings. The van der Waals surface area contributed by atoms with E-state index in [2.05, 4.69) is 15.9 Å². The van der Waals surface area contributed by atoms with E-state index >= 15 is 0 Å². The summed E-state index contributed by atoms with van der Waals surface area (Å²) in [6.45, 7) is 0. The van der Waals surface area contributed by atoms with Gasteiger partial charge in [-0.05, 0) is 46.3 Å². The maximum absolute atomic E-state index is 13.6. The van der Waals surface area contributed by atoms with Crippen molar-refractivity contribution < 1.29 is 9.18 Å². The summed E-state index contributed by atoms with van der Waals surface area (Å²) >= 11 is 10.4. The molecule has 0 bridgehead atoms. The predicted octanol–water partition coefficient (Wildman–Crippen LogP) is 5.22. The van der Waals surface area contributed by atoms with Crippen LogP contribution in [0.1, 0.15) is 10.4 Å². The normalized spacial score (nSPS) is 10.5. The van der Waals surface area contributed by atoms with E-state index in [1.165, 1.54) is 23.9 Å². The quantitative estimate of drug-likeness (QED) is 0.550. The van der Waals surface area contributed by atoms with Gasteiger partial charge in [0.1, 0.15) is 5.82 Å². The average Bonchev–Trinajstić information content (AvgIpc) is 2.37. The van der Waals surface area contributed by atoms with Crippen molar-refractivity contribution in [2.75, 3.05) is 5.75 Å². The monoisotopic (exact) mass is 358 g/mol. The van der Waals surface area contributed by atoms with Crippen LogP contribution in [0.2, 0.25) is 5.02 Å². The molecule has 0 heterocycles. The summed E-state index contributed by atoms with van der Waals surface area (Å²) in [5.74, 6) is -0.651. The first-order valence-electron chi connectivity index (χ1n) is 5.43. The molecule has 19 heavy (non-hydrogen) atoms. The molecule has 1 nitrogen and oxygen atoms in total. The van der Waals surface area contributed by atoms with Gasteiger partial charge < -0.3 is 0 Å². The molecule has 0 aromatic heterocycles. The molecule has 0 radical (unpaired) electrons. The lowest BCUT2D eigenvalue weighted by molar-refractivity contribution is 0.101. The van der Waals surface area contributed by atoms with Gasteiger partial charge in [-0.15, -0.1) is 11.8 Å². The number of halogens is 3. The number of carbonyl (C=O) groups excluding carboxylic acids is 1. The maximum atomic E-state index is 13.6. The van der Waals surface area contributed by atoms with Gasteiger partial charge in [-0.25, -0.2) is 4.39 Å². The lowest BCUT2D eigenvalue weighted by atomic mass is 10.1. The van der Waals surface area contributed by atoms with Crippen LogP contribution in [0.4, 0.5) is 4.39 Å². The Morgan fingerprint density at radius 1 is 1.26 bits per heavy atom. The Morgan fingerprint density at radius 3 is 2.68 bits per heavy atom. The van der Waals surface area contributed by atoms with Gasteiger partial charge >= 0.3 is 0 Å². The largest absolute Gasteiger partial charge is 0.293 e. The van der Waals surface area contributed by atoms with E-state index < -0.39 is 5.82 Å². The predicted molar refractivity (Wildman–Crippen MR) is 80.6 cm³/mol. The highest BCUT2D eigenvalue weighted by Crippen LogP contribution is 2.28. The van der Waals surface area contributed by atoms with E-state index in [0.717, 1.165) is 15.4 Å². The van der Waals surface area contributed by atoms with Crippen LogP contribution in [0.25, 0.3) is 0 Å². The molecule has 98 valence electrons. The van der Waals surface area contributed by atoms with Crippen molar-refractivity contribution in [3.05, 3.63) is 63.3 Å². The number of rotatable bonds is 4. The van der Waals surface area contributed by atoms with Crippen LogP contribution in [-0.4, -0.2) is 11.5 Å². The molecule has 0 aliphatic rings. The molecule has 0 unspecified atom stereocenters. The van der Waals surface area contributed by atoms with Gasteiger partial charge in [0, 0.05) is 14.4 Å². The third-order valence-electron chi connectivity index (χ3n) is 2.43. The van der Waals surface area contributed by atoms with Crippen LogP contribution >= 0.6 is 39.3 Å². The van der Waals surface area contributed by atoms with E-state index in [1.54, 1.807) is 0 Å². The Labute approximate surface area is 128 Å². The molecule has 0 saturated carbocycles. The number of thioether (sulfide) groups is 1. The molecular weight excluding hydrogens is 351 g/mol. The second kappa shape index (κ2) is 6.55. The smallest absolute Gasteiger partial charge is 0.176 e. The van der Waals surface area contributed by atoms with Gasteiger partial charge in [-0.3, -0.25) is 4.79 Å². The van der Waals surface area contributed by atoms with Gasteiger partial charge in [0.25, 0.3) is 0 Å². The molecule has 0 fully saturated rings. The Bertz CT molecular complexity index is 618. The highest BCUT2D eigenvalue weighted by Gasteiger charge is 2.13. The Balaban J connectivity index is 2.08. The van der Waals surface area contributed by atoms with Gasteiger partial charge in [0.15, 0.2) is 5.78 Å². The van der Waals surface area contributed by atoms with E-state index in [4.69, 9.17) is 11.6 Å². The highest BCUT2D eigenvalue weighted by atomic mass is 79.9. The second-order valence-corrected chi connectivity index (χ2v) is 6.07. The Hall–Kier alpha value is -0.840. The van der Waals surface area contributed by atoms with Crippen molar-refractivity contribution in [1.82, 2.24) is 0 Å². The third-order valence-corrected chi connectivity index (χ3v) is 4.69. The van der Waals surface area contributed by atoms with Gasteiger partial charge in [0.05, 0.1) is 11.3 Å². The summed E-state index contributed by atoms with van der Waals surface area (Å²) < 4.78 is 14.5. The van der Waals surface area contributed by atoms with Gasteiger partial charge in [-0.1, -0.05) is 23.7 Å². The number of hydrogen-bond donors (Lipinski definition) is 0. The molecule has 0 aliphatic heterocycles. The molecule has 0 saturated heterocycles. The minimum absolute atomic E-state index is 0.0731. The minimum Gasteiger partial charge on any atom is -0.293 e. The zero-order valence-electron chi connectivity index (χ0n) is 9.70. The number of benzene rings is 2. The number of Topliss-reactive ketones (excluding diaryl/α,β-unsaturated/α-hetero) is 1. The van der Waals surface area contributed by atoms with E-state index in [9.17, 15) is 9.18 Å². The molecule has 0 N–H and O–H groups in total. The van der Waals surface area contributed by atoms with E-state index in [1.807, 2.05) is 24.3 Å². The summed E-state index contributed by atoms with van der Waals surface area (Å²) in [4.78, 5) is 12.9. The Morgan fingerprint density at radius 2 is 2.00 bits per heavy atom. The number of ketones is 1. The first-order valence-corrected chi connectivity index (χ1v) is 7.59. The highest BCUT2D eigenvalue weighted by molar-refractivity contribution is 9.10. The van der Waals surface area contributed by atoms with Crippen LogP contribution in [0.5, 0.6) is 0 Å². The Kier molecular flexibility index (Phi) is 5.02. The number of carbonyl (C=O) groups is 1.